The highest BCUT2D eigenvalue weighted by atomic mass is 16.1. The number of hydrogen-bond donors (Lipinski definition) is 1. The highest BCUT2D eigenvalue weighted by molar-refractivity contribution is 5.76. The number of fused-ring (bicyclic) bond motifs is 1. The number of carbonyl (C=O) groups is 1. The van der Waals surface area contributed by atoms with Gasteiger partial charge in [0.05, 0.1) is 0 Å². The molecule has 4 rings (SSSR count). The van der Waals surface area contributed by atoms with Gasteiger partial charge in [-0.05, 0) is 43.4 Å². The lowest BCUT2D eigenvalue weighted by molar-refractivity contribution is -0.121. The number of anilines is 1. The van der Waals surface area contributed by atoms with Gasteiger partial charge in [-0.3, -0.25) is 4.79 Å². The molecule has 1 aromatic carbocycles. The number of aromatic nitrogens is 4. The predicted octanol–water partition coefficient (Wildman–Crippen LogP) is 2.92. The minimum Gasteiger partial charge on any atom is -0.355 e. The van der Waals surface area contributed by atoms with Crippen molar-refractivity contribution in [2.24, 2.45) is 5.92 Å². The third-order valence-electron chi connectivity index (χ3n) is 5.61. The van der Waals surface area contributed by atoms with Gasteiger partial charge >= 0.3 is 0 Å². The number of piperidine rings is 1. The molecule has 0 spiro atoms. The number of nitrogens with one attached hydrogen (secondary N) is 1. The molecule has 1 aliphatic heterocycles. The number of aryl methyl sites for hydroxylation is 2. The highest BCUT2D eigenvalue weighted by Crippen LogP contribution is 2.21. The van der Waals surface area contributed by atoms with Crippen molar-refractivity contribution in [3.63, 3.8) is 0 Å². The number of hydrogen-bond acceptors (Lipinski definition) is 5. The van der Waals surface area contributed by atoms with Gasteiger partial charge in [-0.1, -0.05) is 36.8 Å². The van der Waals surface area contributed by atoms with Crippen molar-refractivity contribution in [1.29, 1.82) is 0 Å². The Bertz CT molecular complexity index is 973. The predicted molar refractivity (Wildman–Crippen MR) is 113 cm³/mol. The molecule has 1 amide bonds. The summed E-state index contributed by atoms with van der Waals surface area (Å²) in [5, 5.41) is 16.2. The maximum absolute atomic E-state index is 12.3. The molecule has 0 atom stereocenters. The molecule has 3 heterocycles. The van der Waals surface area contributed by atoms with Crippen LogP contribution in [-0.2, 0) is 17.8 Å². The van der Waals surface area contributed by atoms with Gasteiger partial charge in [0.2, 0.25) is 5.91 Å². The van der Waals surface area contributed by atoms with Gasteiger partial charge in [0.25, 0.3) is 0 Å². The lowest BCUT2D eigenvalue weighted by Gasteiger charge is -2.30. The van der Waals surface area contributed by atoms with Gasteiger partial charge in [-0.15, -0.1) is 15.3 Å². The third-order valence-corrected chi connectivity index (χ3v) is 5.61. The zero-order chi connectivity index (χ0) is 20.2. The minimum absolute atomic E-state index is 0.00324. The summed E-state index contributed by atoms with van der Waals surface area (Å²) in [6.07, 6.45) is 3.25. The monoisotopic (exact) mass is 392 g/mol. The number of benzene rings is 1. The topological polar surface area (TPSA) is 75.4 Å². The van der Waals surface area contributed by atoms with E-state index in [0.29, 0.717) is 25.0 Å². The first-order valence-electron chi connectivity index (χ1n) is 10.4. The molecule has 29 heavy (non-hydrogen) atoms. The van der Waals surface area contributed by atoms with E-state index in [1.807, 2.05) is 24.3 Å². The van der Waals surface area contributed by atoms with Crippen molar-refractivity contribution in [2.75, 3.05) is 18.0 Å². The quantitative estimate of drug-likeness (QED) is 0.698. The van der Waals surface area contributed by atoms with E-state index in [0.717, 1.165) is 36.2 Å². The van der Waals surface area contributed by atoms with Crippen LogP contribution < -0.4 is 10.2 Å². The second-order valence-corrected chi connectivity index (χ2v) is 8.01. The van der Waals surface area contributed by atoms with Crippen LogP contribution in [0.15, 0.2) is 36.4 Å². The van der Waals surface area contributed by atoms with Gasteiger partial charge in [0.15, 0.2) is 11.5 Å². The van der Waals surface area contributed by atoms with Crippen LogP contribution in [0.5, 0.6) is 0 Å². The fourth-order valence-corrected chi connectivity index (χ4v) is 3.61. The number of rotatable bonds is 6. The summed E-state index contributed by atoms with van der Waals surface area (Å²) >= 11 is 0. The first-order valence-corrected chi connectivity index (χ1v) is 10.4. The second kappa shape index (κ2) is 8.59. The lowest BCUT2D eigenvalue weighted by Crippen LogP contribution is -2.33. The summed E-state index contributed by atoms with van der Waals surface area (Å²) in [6, 6.07) is 12.1. The van der Waals surface area contributed by atoms with Crippen molar-refractivity contribution in [3.8, 4) is 0 Å². The normalized spacial score (nSPS) is 15.0. The fourth-order valence-electron chi connectivity index (χ4n) is 3.61. The van der Waals surface area contributed by atoms with E-state index >= 15 is 0 Å². The van der Waals surface area contributed by atoms with E-state index in [-0.39, 0.29) is 5.91 Å². The van der Waals surface area contributed by atoms with Crippen molar-refractivity contribution >= 4 is 17.4 Å². The van der Waals surface area contributed by atoms with Crippen LogP contribution >= 0.6 is 0 Å². The molecule has 7 heteroatoms. The Morgan fingerprint density at radius 3 is 2.62 bits per heavy atom. The van der Waals surface area contributed by atoms with Crippen LogP contribution in [0.3, 0.4) is 0 Å². The summed E-state index contributed by atoms with van der Waals surface area (Å²) < 4.78 is 1.78. The van der Waals surface area contributed by atoms with Crippen LogP contribution in [0.4, 0.5) is 5.82 Å². The summed E-state index contributed by atoms with van der Waals surface area (Å²) in [4.78, 5) is 14.6. The van der Waals surface area contributed by atoms with E-state index in [4.69, 9.17) is 5.10 Å². The standard InChI is InChI=1S/C22H28N6O/c1-16-3-5-18(6-4-16)15-23-22(29)10-9-20-25-24-19-7-8-21(26-28(19)20)27-13-11-17(2)12-14-27/h3-8,17H,9-15H2,1-2H3,(H,23,29). The molecular formula is C22H28N6O. The molecule has 0 aliphatic carbocycles. The molecule has 7 nitrogen and oxygen atoms in total. The van der Waals surface area contributed by atoms with Crippen LogP contribution in [-0.4, -0.2) is 38.8 Å². The Kier molecular flexibility index (Phi) is 5.74. The maximum atomic E-state index is 12.3. The highest BCUT2D eigenvalue weighted by Gasteiger charge is 2.18. The molecular weight excluding hydrogens is 364 g/mol. The molecule has 1 aliphatic rings. The van der Waals surface area contributed by atoms with Crippen molar-refractivity contribution in [1.82, 2.24) is 25.1 Å². The van der Waals surface area contributed by atoms with E-state index < -0.39 is 0 Å². The van der Waals surface area contributed by atoms with Crippen molar-refractivity contribution in [2.45, 2.75) is 46.1 Å². The largest absolute Gasteiger partial charge is 0.355 e. The lowest BCUT2D eigenvalue weighted by atomic mass is 9.99. The molecule has 3 aromatic rings. The van der Waals surface area contributed by atoms with Crippen molar-refractivity contribution in [3.05, 3.63) is 53.3 Å². The number of carbonyl (C=O) groups excluding carboxylic acids is 1. The van der Waals surface area contributed by atoms with Crippen LogP contribution in [0.25, 0.3) is 5.65 Å². The van der Waals surface area contributed by atoms with E-state index in [1.165, 1.54) is 18.4 Å². The van der Waals surface area contributed by atoms with E-state index in [2.05, 4.69) is 46.4 Å². The zero-order valence-electron chi connectivity index (χ0n) is 17.1. The van der Waals surface area contributed by atoms with Crippen molar-refractivity contribution < 1.29 is 4.79 Å². The Morgan fingerprint density at radius 1 is 1.10 bits per heavy atom. The zero-order valence-corrected chi connectivity index (χ0v) is 17.1. The van der Waals surface area contributed by atoms with Gasteiger partial charge in [0.1, 0.15) is 5.82 Å². The average molecular weight is 393 g/mol. The Hall–Kier alpha value is -2.96. The maximum Gasteiger partial charge on any atom is 0.220 e. The molecule has 0 bridgehead atoms. The molecule has 152 valence electrons. The smallest absolute Gasteiger partial charge is 0.220 e. The number of nitrogens with zero attached hydrogens (tertiary/aromatic N) is 5. The van der Waals surface area contributed by atoms with Crippen LogP contribution in [0.1, 0.15) is 43.1 Å². The first-order chi connectivity index (χ1) is 14.1. The van der Waals surface area contributed by atoms with Gasteiger partial charge < -0.3 is 10.2 Å². The van der Waals surface area contributed by atoms with Gasteiger partial charge in [0, 0.05) is 32.5 Å². The molecule has 0 saturated carbocycles. The van der Waals surface area contributed by atoms with Crippen LogP contribution in [0, 0.1) is 12.8 Å². The van der Waals surface area contributed by atoms with E-state index in [1.54, 1.807) is 4.52 Å². The summed E-state index contributed by atoms with van der Waals surface area (Å²) in [5.41, 5.74) is 3.03. The summed E-state index contributed by atoms with van der Waals surface area (Å²) in [5.74, 6) is 2.45. The molecule has 1 fully saturated rings. The Balaban J connectivity index is 1.36. The second-order valence-electron chi connectivity index (χ2n) is 8.01. The van der Waals surface area contributed by atoms with Gasteiger partial charge in [-0.2, -0.15) is 4.52 Å². The molecule has 2 aromatic heterocycles. The fraction of sp³-hybridized carbons (Fsp3) is 0.455. The van der Waals surface area contributed by atoms with E-state index in [9.17, 15) is 4.79 Å². The molecule has 1 saturated heterocycles. The van der Waals surface area contributed by atoms with Crippen LogP contribution in [0.2, 0.25) is 0 Å². The Morgan fingerprint density at radius 2 is 1.86 bits per heavy atom. The average Bonchev–Trinajstić information content (AvgIpc) is 3.14. The van der Waals surface area contributed by atoms with Gasteiger partial charge in [-0.25, -0.2) is 0 Å². The molecule has 0 unspecified atom stereocenters. The number of amides is 1. The summed E-state index contributed by atoms with van der Waals surface area (Å²) in [7, 11) is 0. The first kappa shape index (κ1) is 19.4. The summed E-state index contributed by atoms with van der Waals surface area (Å²) in [6.45, 7) is 6.94. The minimum atomic E-state index is 0.00324. The molecule has 0 radical (unpaired) electrons. The third kappa shape index (κ3) is 4.72. The SMILES string of the molecule is Cc1ccc(CNC(=O)CCc2nnc3ccc(N4CCC(C)CC4)nn23)cc1. The Labute approximate surface area is 171 Å². The molecule has 1 N–H and O–H groups in total.